The first-order valence-electron chi connectivity index (χ1n) is 7.50. The maximum Gasteiger partial charge on any atom is 0.222 e. The lowest BCUT2D eigenvalue weighted by Crippen LogP contribution is -2.39. The van der Waals surface area contributed by atoms with Crippen LogP contribution in [0.2, 0.25) is 0 Å². The Hall–Kier alpha value is -1.43. The molecule has 0 saturated carbocycles. The van der Waals surface area contributed by atoms with Crippen molar-refractivity contribution in [2.75, 3.05) is 20.1 Å². The van der Waals surface area contributed by atoms with Crippen LogP contribution in [0.3, 0.4) is 0 Å². The van der Waals surface area contributed by atoms with Crippen molar-refractivity contribution in [3.8, 4) is 0 Å². The summed E-state index contributed by atoms with van der Waals surface area (Å²) in [5.74, 6) is 0.537. The van der Waals surface area contributed by atoms with Crippen LogP contribution in [0.1, 0.15) is 48.7 Å². The minimum absolute atomic E-state index is 0.00224. The molecule has 1 atom stereocenters. The van der Waals surface area contributed by atoms with Crippen LogP contribution in [0.15, 0.2) is 5.38 Å². The molecule has 1 N–H and O–H groups in total. The van der Waals surface area contributed by atoms with Crippen molar-refractivity contribution in [1.82, 2.24) is 15.2 Å². The van der Waals surface area contributed by atoms with Crippen LogP contribution >= 0.6 is 11.3 Å². The van der Waals surface area contributed by atoms with Gasteiger partial charge in [0.2, 0.25) is 11.8 Å². The Morgan fingerprint density at radius 2 is 2.29 bits per heavy atom. The van der Waals surface area contributed by atoms with Gasteiger partial charge in [-0.1, -0.05) is 0 Å². The molecule has 1 aliphatic rings. The molecule has 1 saturated heterocycles. The molecule has 21 heavy (non-hydrogen) atoms. The molecule has 6 heteroatoms. The largest absolute Gasteiger partial charge is 0.359 e. The van der Waals surface area contributed by atoms with Gasteiger partial charge in [0.05, 0.1) is 5.01 Å². The fourth-order valence-corrected chi connectivity index (χ4v) is 3.57. The lowest BCUT2D eigenvalue weighted by atomic mass is 9.98. The zero-order valence-corrected chi connectivity index (χ0v) is 13.5. The van der Waals surface area contributed by atoms with E-state index in [0.717, 1.165) is 36.6 Å². The third-order valence-electron chi connectivity index (χ3n) is 3.83. The lowest BCUT2D eigenvalue weighted by Gasteiger charge is -2.32. The minimum atomic E-state index is -0.00224. The number of likely N-dealkylation sites (tertiary alicyclic amines) is 1. The zero-order chi connectivity index (χ0) is 15.2. The van der Waals surface area contributed by atoms with Crippen LogP contribution in [0.25, 0.3) is 0 Å². The lowest BCUT2D eigenvalue weighted by molar-refractivity contribution is -0.132. The third-order valence-corrected chi connectivity index (χ3v) is 4.96. The van der Waals surface area contributed by atoms with Gasteiger partial charge in [-0.2, -0.15) is 0 Å². The first-order valence-corrected chi connectivity index (χ1v) is 8.38. The van der Waals surface area contributed by atoms with Crippen LogP contribution in [0.4, 0.5) is 0 Å². The second kappa shape index (κ2) is 7.54. The standard InChI is InChI=1S/C15H23N3O2S/c1-11-10-21-15(17-11)12-5-4-8-18(9-12)14(20)7-3-6-13(19)16-2/h10,12H,3-9H2,1-2H3,(H,16,19)/t12-/m0/s1. The van der Waals surface area contributed by atoms with Crippen molar-refractivity contribution >= 4 is 23.2 Å². The van der Waals surface area contributed by atoms with Crippen molar-refractivity contribution in [3.05, 3.63) is 16.1 Å². The number of hydrogen-bond acceptors (Lipinski definition) is 4. The minimum Gasteiger partial charge on any atom is -0.359 e. The van der Waals surface area contributed by atoms with Gasteiger partial charge in [-0.15, -0.1) is 11.3 Å². The Kier molecular flexibility index (Phi) is 5.73. The summed E-state index contributed by atoms with van der Waals surface area (Å²) in [6.45, 7) is 3.61. The van der Waals surface area contributed by atoms with Gasteiger partial charge in [-0.3, -0.25) is 9.59 Å². The van der Waals surface area contributed by atoms with E-state index in [2.05, 4.69) is 15.7 Å². The van der Waals surface area contributed by atoms with Gasteiger partial charge in [-0.05, 0) is 26.2 Å². The van der Waals surface area contributed by atoms with E-state index in [4.69, 9.17) is 0 Å². The molecule has 1 aliphatic heterocycles. The molecule has 1 aromatic rings. The fraction of sp³-hybridized carbons (Fsp3) is 0.667. The highest BCUT2D eigenvalue weighted by Gasteiger charge is 2.26. The van der Waals surface area contributed by atoms with Gasteiger partial charge < -0.3 is 10.2 Å². The van der Waals surface area contributed by atoms with Gasteiger partial charge in [0.1, 0.15) is 0 Å². The molecule has 0 radical (unpaired) electrons. The molecule has 2 rings (SSSR count). The highest BCUT2D eigenvalue weighted by atomic mass is 32.1. The average molecular weight is 309 g/mol. The normalized spacial score (nSPS) is 18.6. The summed E-state index contributed by atoms with van der Waals surface area (Å²) in [5, 5.41) is 5.80. The Bertz CT molecular complexity index is 501. The fourth-order valence-electron chi connectivity index (χ4n) is 2.65. The number of amides is 2. The summed E-state index contributed by atoms with van der Waals surface area (Å²) in [5.41, 5.74) is 1.06. The average Bonchev–Trinajstić information content (AvgIpc) is 2.93. The predicted molar refractivity (Wildman–Crippen MR) is 83.3 cm³/mol. The van der Waals surface area contributed by atoms with Gasteiger partial charge in [-0.25, -0.2) is 4.98 Å². The van der Waals surface area contributed by atoms with Crippen LogP contribution < -0.4 is 5.32 Å². The van der Waals surface area contributed by atoms with E-state index in [1.54, 1.807) is 18.4 Å². The van der Waals surface area contributed by atoms with Crippen molar-refractivity contribution in [3.63, 3.8) is 0 Å². The van der Waals surface area contributed by atoms with Crippen molar-refractivity contribution in [2.45, 2.75) is 44.9 Å². The number of carbonyl (C=O) groups is 2. The number of nitrogens with one attached hydrogen (secondary N) is 1. The van der Waals surface area contributed by atoms with E-state index in [9.17, 15) is 9.59 Å². The molecule has 1 aromatic heterocycles. The summed E-state index contributed by atoms with van der Waals surface area (Å²) >= 11 is 1.69. The summed E-state index contributed by atoms with van der Waals surface area (Å²) in [4.78, 5) is 29.9. The molecule has 116 valence electrons. The number of aryl methyl sites for hydroxylation is 1. The monoisotopic (exact) mass is 309 g/mol. The second-order valence-electron chi connectivity index (χ2n) is 5.53. The smallest absolute Gasteiger partial charge is 0.222 e. The number of carbonyl (C=O) groups excluding carboxylic acids is 2. The molecule has 0 bridgehead atoms. The number of rotatable bonds is 5. The van der Waals surface area contributed by atoms with E-state index >= 15 is 0 Å². The van der Waals surface area contributed by atoms with E-state index < -0.39 is 0 Å². The Labute approximate surface area is 129 Å². The van der Waals surface area contributed by atoms with E-state index in [0.29, 0.717) is 25.2 Å². The van der Waals surface area contributed by atoms with E-state index in [-0.39, 0.29) is 11.8 Å². The maximum atomic E-state index is 12.2. The molecule has 2 amide bonds. The third kappa shape index (κ3) is 4.52. The topological polar surface area (TPSA) is 62.3 Å². The van der Waals surface area contributed by atoms with Gasteiger partial charge in [0.15, 0.2) is 0 Å². The Morgan fingerprint density at radius 1 is 1.48 bits per heavy atom. The molecule has 0 aliphatic carbocycles. The second-order valence-corrected chi connectivity index (χ2v) is 6.42. The number of nitrogens with zero attached hydrogens (tertiary/aromatic N) is 2. The summed E-state index contributed by atoms with van der Waals surface area (Å²) in [6, 6.07) is 0. The molecular formula is C15H23N3O2S. The molecule has 2 heterocycles. The van der Waals surface area contributed by atoms with Crippen molar-refractivity contribution in [1.29, 1.82) is 0 Å². The number of hydrogen-bond donors (Lipinski definition) is 1. The van der Waals surface area contributed by atoms with E-state index in [1.807, 2.05) is 11.8 Å². The first kappa shape index (κ1) is 15.9. The summed E-state index contributed by atoms with van der Waals surface area (Å²) in [7, 11) is 1.62. The Morgan fingerprint density at radius 3 is 2.95 bits per heavy atom. The zero-order valence-electron chi connectivity index (χ0n) is 12.7. The van der Waals surface area contributed by atoms with Crippen LogP contribution in [-0.4, -0.2) is 41.8 Å². The number of piperidine rings is 1. The predicted octanol–water partition coefficient (Wildman–Crippen LogP) is 2.07. The Balaban J connectivity index is 1.83. The molecule has 0 spiro atoms. The highest BCUT2D eigenvalue weighted by Crippen LogP contribution is 2.29. The van der Waals surface area contributed by atoms with Crippen LogP contribution in [0, 0.1) is 6.92 Å². The molecule has 0 unspecified atom stereocenters. The van der Waals surface area contributed by atoms with Gasteiger partial charge in [0.25, 0.3) is 0 Å². The quantitative estimate of drug-likeness (QED) is 0.906. The van der Waals surface area contributed by atoms with Crippen molar-refractivity contribution < 1.29 is 9.59 Å². The first-order chi connectivity index (χ1) is 10.1. The SMILES string of the molecule is CNC(=O)CCCC(=O)N1CCC[C@H](c2nc(C)cs2)C1. The summed E-state index contributed by atoms with van der Waals surface area (Å²) < 4.78 is 0. The van der Waals surface area contributed by atoms with Crippen LogP contribution in [0.5, 0.6) is 0 Å². The van der Waals surface area contributed by atoms with E-state index in [1.165, 1.54) is 0 Å². The molecule has 0 aromatic carbocycles. The summed E-state index contributed by atoms with van der Waals surface area (Å²) in [6.07, 6.45) is 3.64. The number of thiazole rings is 1. The highest BCUT2D eigenvalue weighted by molar-refractivity contribution is 7.09. The van der Waals surface area contributed by atoms with Gasteiger partial charge in [0, 0.05) is 50.0 Å². The molecule has 5 nitrogen and oxygen atoms in total. The maximum absolute atomic E-state index is 12.2. The number of aromatic nitrogens is 1. The molecule has 1 fully saturated rings. The van der Waals surface area contributed by atoms with Crippen LogP contribution in [-0.2, 0) is 9.59 Å². The van der Waals surface area contributed by atoms with Crippen molar-refractivity contribution in [2.24, 2.45) is 0 Å². The van der Waals surface area contributed by atoms with Gasteiger partial charge >= 0.3 is 0 Å². The molecular weight excluding hydrogens is 286 g/mol.